The van der Waals surface area contributed by atoms with E-state index in [2.05, 4.69) is 0 Å². The molecule has 4 nitrogen and oxygen atoms in total. The Hall–Kier alpha value is 0.160. The van der Waals surface area contributed by atoms with Gasteiger partial charge >= 0.3 is 0 Å². The summed E-state index contributed by atoms with van der Waals surface area (Å²) in [6, 6.07) is 0.127. The lowest BCUT2D eigenvalue weighted by Crippen LogP contribution is -2.37. The number of halogens is 1. The number of alkyl halides is 1. The van der Waals surface area contributed by atoms with Gasteiger partial charge in [-0.25, -0.2) is 8.42 Å². The Labute approximate surface area is 89.9 Å². The van der Waals surface area contributed by atoms with Crippen molar-refractivity contribution >= 4 is 21.6 Å². The van der Waals surface area contributed by atoms with E-state index in [-0.39, 0.29) is 24.9 Å². The van der Waals surface area contributed by atoms with E-state index in [4.69, 9.17) is 16.7 Å². The Balaban J connectivity index is 2.55. The van der Waals surface area contributed by atoms with E-state index in [9.17, 15) is 8.42 Å². The van der Waals surface area contributed by atoms with Crippen molar-refractivity contribution in [3.05, 3.63) is 0 Å². The van der Waals surface area contributed by atoms with Crippen LogP contribution in [-0.4, -0.2) is 48.7 Å². The van der Waals surface area contributed by atoms with E-state index in [0.29, 0.717) is 12.3 Å². The van der Waals surface area contributed by atoms with Crippen molar-refractivity contribution in [2.45, 2.75) is 25.3 Å². The van der Waals surface area contributed by atoms with Crippen molar-refractivity contribution in [1.29, 1.82) is 0 Å². The summed E-state index contributed by atoms with van der Waals surface area (Å²) in [4.78, 5) is 0. The first-order valence-electron chi connectivity index (χ1n) is 4.78. The standard InChI is InChI=1S/C8H16ClNO3S/c9-4-1-7-14(12,13)10(5-6-11)8-2-3-8/h8,11H,1-7H2. The molecule has 0 spiro atoms. The summed E-state index contributed by atoms with van der Waals surface area (Å²) < 4.78 is 24.9. The molecule has 1 aliphatic rings. The van der Waals surface area contributed by atoms with E-state index in [0.717, 1.165) is 12.8 Å². The zero-order valence-electron chi connectivity index (χ0n) is 8.02. The minimum absolute atomic E-state index is 0.0903. The highest BCUT2D eigenvalue weighted by Crippen LogP contribution is 2.29. The molecule has 0 radical (unpaired) electrons. The topological polar surface area (TPSA) is 57.6 Å². The maximum atomic E-state index is 11.7. The summed E-state index contributed by atoms with van der Waals surface area (Å²) in [6.07, 6.45) is 2.30. The van der Waals surface area contributed by atoms with Gasteiger partial charge in [0.25, 0.3) is 0 Å². The van der Waals surface area contributed by atoms with Gasteiger partial charge in [0, 0.05) is 18.5 Å². The predicted molar refractivity (Wildman–Crippen MR) is 55.9 cm³/mol. The SMILES string of the molecule is O=S(=O)(CCCCl)N(CCO)C1CC1. The summed E-state index contributed by atoms with van der Waals surface area (Å²) in [5.74, 6) is 0.448. The van der Waals surface area contributed by atoms with E-state index < -0.39 is 10.0 Å². The molecule has 1 saturated carbocycles. The lowest BCUT2D eigenvalue weighted by Gasteiger charge is -2.20. The van der Waals surface area contributed by atoms with Crippen molar-refractivity contribution in [3.8, 4) is 0 Å². The highest BCUT2D eigenvalue weighted by atomic mass is 35.5. The first-order valence-corrected chi connectivity index (χ1v) is 6.92. The summed E-state index contributed by atoms with van der Waals surface area (Å²) in [5.41, 5.74) is 0. The van der Waals surface area contributed by atoms with Crippen LogP contribution in [0.4, 0.5) is 0 Å². The van der Waals surface area contributed by atoms with Gasteiger partial charge in [-0.05, 0) is 19.3 Å². The second-order valence-corrected chi connectivity index (χ2v) is 5.84. The molecule has 0 aromatic heterocycles. The molecule has 0 aromatic carbocycles. The minimum atomic E-state index is -3.19. The van der Waals surface area contributed by atoms with Crippen LogP contribution in [0, 0.1) is 0 Å². The maximum Gasteiger partial charge on any atom is 0.214 e. The largest absolute Gasteiger partial charge is 0.395 e. The average Bonchev–Trinajstić information content (AvgIpc) is 2.94. The van der Waals surface area contributed by atoms with Crippen LogP contribution in [0.3, 0.4) is 0 Å². The first-order chi connectivity index (χ1) is 6.61. The highest BCUT2D eigenvalue weighted by Gasteiger charge is 2.36. The Morgan fingerprint density at radius 3 is 2.50 bits per heavy atom. The molecule has 1 rings (SSSR count). The Morgan fingerprint density at radius 1 is 1.43 bits per heavy atom. The lowest BCUT2D eigenvalue weighted by molar-refractivity contribution is 0.250. The molecular weight excluding hydrogens is 226 g/mol. The van der Waals surface area contributed by atoms with Gasteiger partial charge in [0.1, 0.15) is 0 Å². The Morgan fingerprint density at radius 2 is 2.07 bits per heavy atom. The average molecular weight is 242 g/mol. The molecule has 0 atom stereocenters. The van der Waals surface area contributed by atoms with Crippen molar-refractivity contribution in [1.82, 2.24) is 4.31 Å². The van der Waals surface area contributed by atoms with Gasteiger partial charge < -0.3 is 5.11 Å². The molecule has 0 heterocycles. The van der Waals surface area contributed by atoms with Crippen LogP contribution in [0.25, 0.3) is 0 Å². The van der Waals surface area contributed by atoms with Gasteiger partial charge in [0.2, 0.25) is 10.0 Å². The third kappa shape index (κ3) is 3.38. The van der Waals surface area contributed by atoms with E-state index in [1.54, 1.807) is 0 Å². The van der Waals surface area contributed by atoms with Crippen LogP contribution in [0.5, 0.6) is 0 Å². The van der Waals surface area contributed by atoms with Crippen LogP contribution < -0.4 is 0 Å². The third-order valence-corrected chi connectivity index (χ3v) is 4.43. The Kier molecular flexibility index (Phi) is 4.63. The first kappa shape index (κ1) is 12.2. The van der Waals surface area contributed by atoms with Crippen LogP contribution in [-0.2, 0) is 10.0 Å². The molecule has 14 heavy (non-hydrogen) atoms. The molecule has 6 heteroatoms. The van der Waals surface area contributed by atoms with Gasteiger partial charge in [0.05, 0.1) is 12.4 Å². The summed E-state index contributed by atoms with van der Waals surface area (Å²) >= 11 is 5.45. The lowest BCUT2D eigenvalue weighted by atomic mass is 10.6. The number of rotatable bonds is 7. The van der Waals surface area contributed by atoms with Crippen molar-refractivity contribution in [3.63, 3.8) is 0 Å². The zero-order valence-corrected chi connectivity index (χ0v) is 9.60. The molecule has 0 aromatic rings. The number of sulfonamides is 1. The van der Waals surface area contributed by atoms with Crippen LogP contribution in [0.2, 0.25) is 0 Å². The van der Waals surface area contributed by atoms with Crippen LogP contribution in [0.15, 0.2) is 0 Å². The van der Waals surface area contributed by atoms with E-state index in [1.165, 1.54) is 4.31 Å². The smallest absolute Gasteiger partial charge is 0.214 e. The normalized spacial score (nSPS) is 17.6. The molecule has 0 aliphatic heterocycles. The fourth-order valence-corrected chi connectivity index (χ4v) is 3.42. The number of nitrogens with zero attached hydrogens (tertiary/aromatic N) is 1. The monoisotopic (exact) mass is 241 g/mol. The molecule has 0 amide bonds. The van der Waals surface area contributed by atoms with Crippen molar-refractivity contribution < 1.29 is 13.5 Å². The summed E-state index contributed by atoms with van der Waals surface area (Å²) in [7, 11) is -3.19. The van der Waals surface area contributed by atoms with Gasteiger partial charge in [-0.2, -0.15) is 4.31 Å². The van der Waals surface area contributed by atoms with Gasteiger partial charge in [-0.3, -0.25) is 0 Å². The molecule has 84 valence electrons. The number of aliphatic hydroxyl groups excluding tert-OH is 1. The van der Waals surface area contributed by atoms with Crippen molar-refractivity contribution in [2.75, 3.05) is 24.8 Å². The molecule has 0 unspecified atom stereocenters. The van der Waals surface area contributed by atoms with Gasteiger partial charge in [-0.1, -0.05) is 0 Å². The molecule has 0 bridgehead atoms. The molecule has 1 aliphatic carbocycles. The molecule has 1 N–H and O–H groups in total. The van der Waals surface area contributed by atoms with Gasteiger partial charge in [-0.15, -0.1) is 11.6 Å². The van der Waals surface area contributed by atoms with Crippen LogP contribution >= 0.6 is 11.6 Å². The number of hydrogen-bond donors (Lipinski definition) is 1. The summed E-state index contributed by atoms with van der Waals surface area (Å²) in [5, 5.41) is 8.77. The zero-order chi connectivity index (χ0) is 10.6. The van der Waals surface area contributed by atoms with Crippen molar-refractivity contribution in [2.24, 2.45) is 0 Å². The fraction of sp³-hybridized carbons (Fsp3) is 1.00. The van der Waals surface area contributed by atoms with E-state index >= 15 is 0 Å². The van der Waals surface area contributed by atoms with E-state index in [1.807, 2.05) is 0 Å². The van der Waals surface area contributed by atoms with Gasteiger partial charge in [0.15, 0.2) is 0 Å². The van der Waals surface area contributed by atoms with Crippen LogP contribution in [0.1, 0.15) is 19.3 Å². The Bertz CT molecular complexity index is 264. The molecule has 0 saturated heterocycles. The third-order valence-electron chi connectivity index (χ3n) is 2.17. The molecular formula is C8H16ClNO3S. The second-order valence-electron chi connectivity index (χ2n) is 3.42. The molecule has 1 fully saturated rings. The quantitative estimate of drug-likeness (QED) is 0.657. The maximum absolute atomic E-state index is 11.7. The second kappa shape index (κ2) is 5.30. The highest BCUT2D eigenvalue weighted by molar-refractivity contribution is 7.89. The fourth-order valence-electron chi connectivity index (χ4n) is 1.36. The number of aliphatic hydroxyl groups is 1. The predicted octanol–water partition coefficient (Wildman–Crippen LogP) is 0.402. The minimum Gasteiger partial charge on any atom is -0.395 e. The number of hydrogen-bond acceptors (Lipinski definition) is 3. The summed E-state index contributed by atoms with van der Waals surface area (Å²) in [6.45, 7) is 0.103.